The first-order valence-corrected chi connectivity index (χ1v) is 5.81. The number of aryl methyl sites for hydroxylation is 1. The molecule has 0 saturated heterocycles. The molecule has 0 fully saturated rings. The Kier molecular flexibility index (Phi) is 3.59. The Bertz CT molecular complexity index is 883. The Morgan fingerprint density at radius 1 is 1.23 bits per heavy atom. The van der Waals surface area contributed by atoms with Crippen LogP contribution in [0.1, 0.15) is 12.5 Å². The largest absolute Gasteiger partial charge is 0.422 e. The molecule has 22 heavy (non-hydrogen) atoms. The molecule has 1 heterocycles. The maximum atomic E-state index is 11.3. The molecule has 0 amide bonds. The molecule has 114 valence electrons. The van der Waals surface area contributed by atoms with Gasteiger partial charge in [0.05, 0.1) is 15.9 Å². The van der Waals surface area contributed by atoms with E-state index in [0.717, 1.165) is 19.1 Å². The van der Waals surface area contributed by atoms with Gasteiger partial charge < -0.3 is 9.15 Å². The fourth-order valence-electron chi connectivity index (χ4n) is 2.02. The topological polar surface area (TPSA) is 143 Å². The first kappa shape index (κ1) is 15.1. The van der Waals surface area contributed by atoms with Gasteiger partial charge in [-0.05, 0) is 12.5 Å². The van der Waals surface area contributed by atoms with E-state index in [-0.39, 0.29) is 16.5 Å². The minimum absolute atomic E-state index is 0.147. The first-order chi connectivity index (χ1) is 10.2. The highest BCUT2D eigenvalue weighted by Crippen LogP contribution is 2.43. The predicted molar refractivity (Wildman–Crippen MR) is 71.8 cm³/mol. The van der Waals surface area contributed by atoms with E-state index in [9.17, 15) is 29.8 Å². The van der Waals surface area contributed by atoms with Gasteiger partial charge in [0.2, 0.25) is 0 Å². The van der Waals surface area contributed by atoms with Crippen molar-refractivity contribution < 1.29 is 23.8 Å². The summed E-state index contributed by atoms with van der Waals surface area (Å²) in [6.07, 6.45) is 0. The number of nitro benzene ring substituents is 2. The summed E-state index contributed by atoms with van der Waals surface area (Å²) in [5, 5.41) is 22.2. The number of fused-ring (bicyclic) bond motifs is 1. The van der Waals surface area contributed by atoms with Gasteiger partial charge in [0, 0.05) is 13.0 Å². The number of esters is 1. The summed E-state index contributed by atoms with van der Waals surface area (Å²) in [5.74, 6) is -1.76. The average Bonchev–Trinajstić information content (AvgIpc) is 2.36. The van der Waals surface area contributed by atoms with Crippen LogP contribution in [0.5, 0.6) is 5.75 Å². The monoisotopic (exact) mass is 308 g/mol. The lowest BCUT2D eigenvalue weighted by Gasteiger charge is -2.07. The van der Waals surface area contributed by atoms with E-state index in [1.54, 1.807) is 0 Å². The molecule has 1 aromatic heterocycles. The fraction of sp³-hybridized carbons (Fsp3) is 0.167. The molecule has 10 heteroatoms. The van der Waals surface area contributed by atoms with Crippen molar-refractivity contribution in [1.29, 1.82) is 0 Å². The Balaban J connectivity index is 3.06. The zero-order chi connectivity index (χ0) is 16.6. The smallest absolute Gasteiger partial charge is 0.336 e. The minimum Gasteiger partial charge on any atom is -0.422 e. The molecule has 0 atom stereocenters. The van der Waals surface area contributed by atoms with Gasteiger partial charge in [-0.15, -0.1) is 0 Å². The number of carbonyl (C=O) groups excluding carboxylic acids is 1. The van der Waals surface area contributed by atoms with E-state index < -0.39 is 38.6 Å². The summed E-state index contributed by atoms with van der Waals surface area (Å²) < 4.78 is 9.43. The first-order valence-electron chi connectivity index (χ1n) is 5.81. The standard InChI is InChI=1S/C12H8N2O8/c1-5-3-9(16)22-8-4-7(13(17)18)12(21-6(2)15)11(10(5)8)14(19)20/h3-4H,1-2H3. The van der Waals surface area contributed by atoms with E-state index in [2.05, 4.69) is 4.74 Å². The molecular weight excluding hydrogens is 300 g/mol. The average molecular weight is 308 g/mol. The molecule has 2 rings (SSSR count). The highest BCUT2D eigenvalue weighted by molar-refractivity contribution is 5.96. The fourth-order valence-corrected chi connectivity index (χ4v) is 2.02. The summed E-state index contributed by atoms with van der Waals surface area (Å²) >= 11 is 0. The summed E-state index contributed by atoms with van der Waals surface area (Å²) in [4.78, 5) is 42.9. The van der Waals surface area contributed by atoms with Crippen LogP contribution in [0, 0.1) is 27.2 Å². The van der Waals surface area contributed by atoms with Crippen LogP contribution >= 0.6 is 0 Å². The van der Waals surface area contributed by atoms with Crippen LogP contribution in [0.2, 0.25) is 0 Å². The highest BCUT2D eigenvalue weighted by Gasteiger charge is 2.33. The van der Waals surface area contributed by atoms with Crippen LogP contribution < -0.4 is 10.4 Å². The second kappa shape index (κ2) is 5.24. The van der Waals surface area contributed by atoms with Crippen molar-refractivity contribution in [2.75, 3.05) is 0 Å². The van der Waals surface area contributed by atoms with Gasteiger partial charge in [-0.25, -0.2) is 4.79 Å². The summed E-state index contributed by atoms with van der Waals surface area (Å²) in [6, 6.07) is 1.81. The lowest BCUT2D eigenvalue weighted by atomic mass is 10.1. The van der Waals surface area contributed by atoms with Gasteiger partial charge in [-0.3, -0.25) is 25.0 Å². The van der Waals surface area contributed by atoms with E-state index in [1.165, 1.54) is 6.92 Å². The highest BCUT2D eigenvalue weighted by atomic mass is 16.6. The van der Waals surface area contributed by atoms with Gasteiger partial charge in [-0.1, -0.05) is 0 Å². The zero-order valence-electron chi connectivity index (χ0n) is 11.3. The van der Waals surface area contributed by atoms with Crippen molar-refractivity contribution in [2.45, 2.75) is 13.8 Å². The number of nitro groups is 2. The molecule has 0 N–H and O–H groups in total. The number of nitrogens with zero attached hydrogens (tertiary/aromatic N) is 2. The van der Waals surface area contributed by atoms with Crippen LogP contribution in [0.15, 0.2) is 21.3 Å². The summed E-state index contributed by atoms with van der Waals surface area (Å²) in [7, 11) is 0. The van der Waals surface area contributed by atoms with Crippen LogP contribution in [0.4, 0.5) is 11.4 Å². The molecule has 10 nitrogen and oxygen atoms in total. The maximum Gasteiger partial charge on any atom is 0.336 e. The SMILES string of the molecule is CC(=O)Oc1c([N+](=O)[O-])cc2oc(=O)cc(C)c2c1[N+](=O)[O-]. The van der Waals surface area contributed by atoms with E-state index in [0.29, 0.717) is 0 Å². The van der Waals surface area contributed by atoms with Gasteiger partial charge in [0.15, 0.2) is 5.58 Å². The maximum absolute atomic E-state index is 11.3. The predicted octanol–water partition coefficient (Wildman–Crippen LogP) is 1.84. The molecule has 0 aliphatic rings. The van der Waals surface area contributed by atoms with Crippen LogP contribution in [0.25, 0.3) is 11.0 Å². The van der Waals surface area contributed by atoms with E-state index in [4.69, 9.17) is 4.42 Å². The Morgan fingerprint density at radius 3 is 2.36 bits per heavy atom. The van der Waals surface area contributed by atoms with Crippen molar-refractivity contribution >= 4 is 28.3 Å². The van der Waals surface area contributed by atoms with Crippen LogP contribution in [0.3, 0.4) is 0 Å². The second-order valence-corrected chi connectivity index (χ2v) is 4.30. The molecule has 0 aliphatic carbocycles. The lowest BCUT2D eigenvalue weighted by Crippen LogP contribution is -2.08. The molecule has 0 aliphatic heterocycles. The van der Waals surface area contributed by atoms with E-state index in [1.807, 2.05) is 0 Å². The number of hydrogen-bond acceptors (Lipinski definition) is 8. The quantitative estimate of drug-likeness (QED) is 0.275. The van der Waals surface area contributed by atoms with Crippen molar-refractivity contribution in [2.24, 2.45) is 0 Å². The zero-order valence-corrected chi connectivity index (χ0v) is 11.3. The number of ether oxygens (including phenoxy) is 1. The molecule has 0 saturated carbocycles. The Hall–Kier alpha value is -3.30. The van der Waals surface area contributed by atoms with Gasteiger partial charge >= 0.3 is 23.0 Å². The molecular formula is C12H8N2O8. The summed E-state index contributed by atoms with van der Waals surface area (Å²) in [5.41, 5.74) is -2.63. The lowest BCUT2D eigenvalue weighted by molar-refractivity contribution is -0.394. The molecule has 0 radical (unpaired) electrons. The minimum atomic E-state index is -0.965. The van der Waals surface area contributed by atoms with Crippen molar-refractivity contribution in [3.05, 3.63) is 48.3 Å². The molecule has 1 aromatic carbocycles. The van der Waals surface area contributed by atoms with Gasteiger partial charge in [0.1, 0.15) is 5.39 Å². The number of carbonyl (C=O) groups is 1. The van der Waals surface area contributed by atoms with Gasteiger partial charge in [0.25, 0.3) is 5.75 Å². The molecule has 2 aromatic rings. The molecule has 0 spiro atoms. The number of hydrogen-bond donors (Lipinski definition) is 0. The van der Waals surface area contributed by atoms with Crippen LogP contribution in [-0.2, 0) is 4.79 Å². The Labute approximate surface area is 121 Å². The van der Waals surface area contributed by atoms with Crippen molar-refractivity contribution in [1.82, 2.24) is 0 Å². The molecule has 0 unspecified atom stereocenters. The number of benzene rings is 1. The van der Waals surface area contributed by atoms with Crippen LogP contribution in [-0.4, -0.2) is 15.8 Å². The number of rotatable bonds is 3. The third-order valence-corrected chi connectivity index (χ3v) is 2.76. The molecule has 0 bridgehead atoms. The Morgan fingerprint density at radius 2 is 1.86 bits per heavy atom. The normalized spacial score (nSPS) is 10.5. The second-order valence-electron chi connectivity index (χ2n) is 4.30. The van der Waals surface area contributed by atoms with Gasteiger partial charge in [-0.2, -0.15) is 0 Å². The third kappa shape index (κ3) is 2.49. The summed E-state index contributed by atoms with van der Waals surface area (Å²) in [6.45, 7) is 2.35. The van der Waals surface area contributed by atoms with Crippen molar-refractivity contribution in [3.63, 3.8) is 0 Å². The van der Waals surface area contributed by atoms with E-state index >= 15 is 0 Å². The third-order valence-electron chi connectivity index (χ3n) is 2.76. The van der Waals surface area contributed by atoms with Crippen molar-refractivity contribution in [3.8, 4) is 5.75 Å².